The number of rotatable bonds is 7. The maximum absolute atomic E-state index is 13.0. The number of nitrogens with zero attached hydrogens (tertiary/aromatic N) is 1. The molecule has 2 aliphatic heterocycles. The summed E-state index contributed by atoms with van der Waals surface area (Å²) in [5, 5.41) is 5.65. The Kier molecular flexibility index (Phi) is 5.68. The summed E-state index contributed by atoms with van der Waals surface area (Å²) in [5.41, 5.74) is 8.55. The zero-order valence-electron chi connectivity index (χ0n) is 15.1. The van der Waals surface area contributed by atoms with Crippen LogP contribution < -0.4 is 16.4 Å². The van der Waals surface area contributed by atoms with Gasteiger partial charge in [0.05, 0.1) is 0 Å². The van der Waals surface area contributed by atoms with Crippen molar-refractivity contribution in [3.05, 3.63) is 34.9 Å². The van der Waals surface area contributed by atoms with E-state index in [4.69, 9.17) is 5.73 Å². The molecule has 0 spiro atoms. The first-order valence-corrected chi connectivity index (χ1v) is 9.23. The number of hydrogen-bond donors (Lipinski definition) is 3. The molecule has 2 aliphatic rings. The highest BCUT2D eigenvalue weighted by molar-refractivity contribution is 6.05. The quantitative estimate of drug-likeness (QED) is 0.621. The molecule has 3 amide bonds. The van der Waals surface area contributed by atoms with Gasteiger partial charge in [0.15, 0.2) is 0 Å². The minimum absolute atomic E-state index is 0.104. The lowest BCUT2D eigenvalue weighted by Gasteiger charge is -2.29. The van der Waals surface area contributed by atoms with E-state index in [0.717, 1.165) is 24.0 Å². The van der Waals surface area contributed by atoms with Crippen molar-refractivity contribution in [2.24, 2.45) is 5.73 Å². The number of nitrogens with two attached hydrogens (primary N) is 1. The van der Waals surface area contributed by atoms with Gasteiger partial charge < -0.3 is 16.0 Å². The highest BCUT2D eigenvalue weighted by atomic mass is 16.2. The number of carbonyl (C=O) groups excluding carboxylic acids is 3. The molecule has 2 heterocycles. The van der Waals surface area contributed by atoms with Crippen LogP contribution in [-0.2, 0) is 22.7 Å². The highest BCUT2D eigenvalue weighted by Gasteiger charge is 2.39. The first-order valence-electron chi connectivity index (χ1n) is 9.23. The summed E-state index contributed by atoms with van der Waals surface area (Å²) < 4.78 is 0. The van der Waals surface area contributed by atoms with Gasteiger partial charge in [-0.2, -0.15) is 0 Å². The lowest BCUT2D eigenvalue weighted by atomic mass is 10.0. The second-order valence-electron chi connectivity index (χ2n) is 7.03. The second-order valence-corrected chi connectivity index (χ2v) is 7.03. The molecule has 0 aliphatic carbocycles. The minimum atomic E-state index is -0.577. The van der Waals surface area contributed by atoms with Crippen molar-refractivity contribution in [3.63, 3.8) is 0 Å². The smallest absolute Gasteiger partial charge is 0.255 e. The molecule has 7 heteroatoms. The predicted molar refractivity (Wildman–Crippen MR) is 97.1 cm³/mol. The third kappa shape index (κ3) is 3.78. The Bertz CT molecular complexity index is 719. The largest absolute Gasteiger partial charge is 0.327 e. The van der Waals surface area contributed by atoms with E-state index in [0.29, 0.717) is 31.6 Å². The number of imide groups is 1. The van der Waals surface area contributed by atoms with Crippen molar-refractivity contribution in [2.45, 2.75) is 57.8 Å². The van der Waals surface area contributed by atoms with Crippen LogP contribution in [0.15, 0.2) is 18.2 Å². The Balaban J connectivity index is 1.70. The van der Waals surface area contributed by atoms with Gasteiger partial charge in [-0.15, -0.1) is 0 Å². The Morgan fingerprint density at radius 1 is 1.35 bits per heavy atom. The maximum Gasteiger partial charge on any atom is 0.255 e. The number of hydrogen-bond acceptors (Lipinski definition) is 5. The summed E-state index contributed by atoms with van der Waals surface area (Å²) in [6.45, 7) is 3.77. The van der Waals surface area contributed by atoms with Crippen LogP contribution in [0.1, 0.15) is 54.1 Å². The minimum Gasteiger partial charge on any atom is -0.327 e. The van der Waals surface area contributed by atoms with Gasteiger partial charge in [-0.25, -0.2) is 0 Å². The van der Waals surface area contributed by atoms with Gasteiger partial charge in [0, 0.05) is 37.7 Å². The van der Waals surface area contributed by atoms with E-state index in [1.165, 1.54) is 0 Å². The fourth-order valence-corrected chi connectivity index (χ4v) is 3.70. The summed E-state index contributed by atoms with van der Waals surface area (Å²) >= 11 is 0. The van der Waals surface area contributed by atoms with E-state index in [9.17, 15) is 14.4 Å². The number of carbonyl (C=O) groups is 3. The molecule has 3 rings (SSSR count). The topological polar surface area (TPSA) is 105 Å². The second kappa shape index (κ2) is 7.97. The van der Waals surface area contributed by atoms with E-state index >= 15 is 0 Å². The fraction of sp³-hybridized carbons (Fsp3) is 0.526. The van der Waals surface area contributed by atoms with Gasteiger partial charge in [0.1, 0.15) is 6.04 Å². The molecule has 1 saturated heterocycles. The van der Waals surface area contributed by atoms with E-state index in [2.05, 4.69) is 17.6 Å². The Morgan fingerprint density at radius 3 is 2.88 bits per heavy atom. The van der Waals surface area contributed by atoms with Crippen molar-refractivity contribution >= 4 is 17.7 Å². The third-order valence-corrected chi connectivity index (χ3v) is 5.02. The molecule has 2 unspecified atom stereocenters. The maximum atomic E-state index is 13.0. The molecule has 4 N–H and O–H groups in total. The molecule has 0 radical (unpaired) electrons. The Morgan fingerprint density at radius 2 is 2.15 bits per heavy atom. The number of amides is 3. The van der Waals surface area contributed by atoms with Crippen molar-refractivity contribution in [3.8, 4) is 0 Å². The monoisotopic (exact) mass is 358 g/mol. The molecule has 0 saturated carbocycles. The summed E-state index contributed by atoms with van der Waals surface area (Å²) in [7, 11) is 0. The molecule has 0 bridgehead atoms. The molecular weight excluding hydrogens is 332 g/mol. The van der Waals surface area contributed by atoms with Crippen LogP contribution in [0.2, 0.25) is 0 Å². The molecule has 7 nitrogen and oxygen atoms in total. The number of fused-ring (bicyclic) bond motifs is 1. The van der Waals surface area contributed by atoms with Gasteiger partial charge >= 0.3 is 0 Å². The van der Waals surface area contributed by atoms with E-state index < -0.39 is 6.04 Å². The van der Waals surface area contributed by atoms with Crippen LogP contribution in [0.3, 0.4) is 0 Å². The molecular formula is C19H26N4O3. The van der Waals surface area contributed by atoms with Gasteiger partial charge in [0.25, 0.3) is 5.91 Å². The van der Waals surface area contributed by atoms with Gasteiger partial charge in [-0.1, -0.05) is 31.5 Å². The summed E-state index contributed by atoms with van der Waals surface area (Å²) in [5.74, 6) is -0.791. The first kappa shape index (κ1) is 18.5. The molecule has 1 aromatic rings. The van der Waals surface area contributed by atoms with Crippen LogP contribution >= 0.6 is 0 Å². The average Bonchev–Trinajstić information content (AvgIpc) is 2.93. The number of benzene rings is 1. The fourth-order valence-electron chi connectivity index (χ4n) is 3.70. The predicted octanol–water partition coefficient (Wildman–Crippen LogP) is 0.665. The van der Waals surface area contributed by atoms with Crippen molar-refractivity contribution in [1.29, 1.82) is 0 Å². The van der Waals surface area contributed by atoms with Crippen molar-refractivity contribution in [2.75, 3.05) is 6.54 Å². The standard InChI is InChI=1S/C19H26N4O3/c1-2-4-14(20)10-21-9-12-5-3-6-13-11-23(19(26)17(12)13)15-7-8-16(24)22-18(15)25/h3,5-6,14-15,21H,2,4,7-11,20H2,1H3,(H,22,24,25). The number of piperidine rings is 1. The van der Waals surface area contributed by atoms with Crippen LogP contribution in [0.25, 0.3) is 0 Å². The van der Waals surface area contributed by atoms with Crippen LogP contribution in [0.5, 0.6) is 0 Å². The lowest BCUT2D eigenvalue weighted by molar-refractivity contribution is -0.136. The summed E-state index contributed by atoms with van der Waals surface area (Å²) in [6.07, 6.45) is 2.65. The van der Waals surface area contributed by atoms with Crippen LogP contribution in [0, 0.1) is 0 Å². The molecule has 140 valence electrons. The van der Waals surface area contributed by atoms with Gasteiger partial charge in [-0.05, 0) is 24.0 Å². The van der Waals surface area contributed by atoms with E-state index in [1.54, 1.807) is 4.90 Å². The number of nitrogens with one attached hydrogen (secondary N) is 2. The normalized spacial score (nSPS) is 20.9. The molecule has 1 fully saturated rings. The Hall–Kier alpha value is -2.25. The van der Waals surface area contributed by atoms with Crippen molar-refractivity contribution < 1.29 is 14.4 Å². The van der Waals surface area contributed by atoms with E-state index in [1.807, 2.05) is 18.2 Å². The zero-order chi connectivity index (χ0) is 18.7. The average molecular weight is 358 g/mol. The molecule has 26 heavy (non-hydrogen) atoms. The first-order chi connectivity index (χ1) is 12.5. The molecule has 0 aromatic heterocycles. The van der Waals surface area contributed by atoms with Crippen molar-refractivity contribution in [1.82, 2.24) is 15.5 Å². The van der Waals surface area contributed by atoms with Crippen LogP contribution in [0.4, 0.5) is 0 Å². The molecule has 2 atom stereocenters. The molecule has 1 aromatic carbocycles. The zero-order valence-corrected chi connectivity index (χ0v) is 15.1. The summed E-state index contributed by atoms with van der Waals surface area (Å²) in [4.78, 5) is 38.0. The SMILES string of the molecule is CCCC(N)CNCc1cccc2c1C(=O)N(C1CCC(=O)NC1=O)C2. The Labute approximate surface area is 153 Å². The van der Waals surface area contributed by atoms with Gasteiger partial charge in [-0.3, -0.25) is 19.7 Å². The third-order valence-electron chi connectivity index (χ3n) is 5.02. The lowest BCUT2D eigenvalue weighted by Crippen LogP contribution is -2.52. The summed E-state index contributed by atoms with van der Waals surface area (Å²) in [6, 6.07) is 5.32. The van der Waals surface area contributed by atoms with Crippen LogP contribution in [-0.4, -0.2) is 41.2 Å². The van der Waals surface area contributed by atoms with Gasteiger partial charge in [0.2, 0.25) is 11.8 Å². The van der Waals surface area contributed by atoms with E-state index in [-0.39, 0.29) is 30.2 Å². The highest BCUT2D eigenvalue weighted by Crippen LogP contribution is 2.29.